The molecule has 3 rings (SSSR count). The molecule has 0 aliphatic heterocycles. The second-order valence-corrected chi connectivity index (χ2v) is 6.87. The standard InChI is InChI=1S/C22H27NO2/c1-3-21(19-11-10-17-6-4-5-7-18(17)14-19)23-22(24)15-25-20-12-8-16(2)9-13-20/h8-14,21H,3-7,15H2,1-2H3,(H,23,24)/t21-/m0/s1. The van der Waals surface area contributed by atoms with Crippen LogP contribution in [0.5, 0.6) is 5.75 Å². The highest BCUT2D eigenvalue weighted by atomic mass is 16.5. The van der Waals surface area contributed by atoms with E-state index in [1.165, 1.54) is 41.5 Å². The van der Waals surface area contributed by atoms with Crippen LogP contribution < -0.4 is 10.1 Å². The van der Waals surface area contributed by atoms with Crippen LogP contribution >= 0.6 is 0 Å². The van der Waals surface area contributed by atoms with E-state index in [9.17, 15) is 4.79 Å². The van der Waals surface area contributed by atoms with Gasteiger partial charge in [0, 0.05) is 0 Å². The second kappa shape index (κ2) is 8.19. The van der Waals surface area contributed by atoms with Crippen molar-refractivity contribution < 1.29 is 9.53 Å². The fourth-order valence-electron chi connectivity index (χ4n) is 3.41. The average molecular weight is 337 g/mol. The zero-order chi connectivity index (χ0) is 17.6. The lowest BCUT2D eigenvalue weighted by Crippen LogP contribution is -2.32. The number of ether oxygens (including phenoxy) is 1. The fraction of sp³-hybridized carbons (Fsp3) is 0.409. The summed E-state index contributed by atoms with van der Waals surface area (Å²) in [6.07, 6.45) is 5.77. The predicted molar refractivity (Wildman–Crippen MR) is 101 cm³/mol. The lowest BCUT2D eigenvalue weighted by molar-refractivity contribution is -0.123. The van der Waals surface area contributed by atoms with Gasteiger partial charge < -0.3 is 10.1 Å². The molecule has 132 valence electrons. The van der Waals surface area contributed by atoms with Gasteiger partial charge in [0.15, 0.2) is 6.61 Å². The summed E-state index contributed by atoms with van der Waals surface area (Å²) < 4.78 is 5.58. The van der Waals surface area contributed by atoms with Gasteiger partial charge in [-0.3, -0.25) is 4.79 Å². The molecule has 0 unspecified atom stereocenters. The summed E-state index contributed by atoms with van der Waals surface area (Å²) in [6.45, 7) is 4.18. The van der Waals surface area contributed by atoms with Crippen molar-refractivity contribution in [2.24, 2.45) is 0 Å². The molecule has 2 aromatic carbocycles. The highest BCUT2D eigenvalue weighted by Gasteiger charge is 2.16. The lowest BCUT2D eigenvalue weighted by Gasteiger charge is -2.21. The summed E-state index contributed by atoms with van der Waals surface area (Å²) in [5, 5.41) is 3.11. The zero-order valence-corrected chi connectivity index (χ0v) is 15.2. The summed E-state index contributed by atoms with van der Waals surface area (Å²) >= 11 is 0. The number of benzene rings is 2. The molecule has 2 aromatic rings. The van der Waals surface area contributed by atoms with Gasteiger partial charge in [-0.15, -0.1) is 0 Å². The van der Waals surface area contributed by atoms with Crippen molar-refractivity contribution in [2.45, 2.75) is 52.0 Å². The molecule has 0 saturated heterocycles. The first-order valence-electron chi connectivity index (χ1n) is 9.26. The first-order valence-corrected chi connectivity index (χ1v) is 9.26. The Hall–Kier alpha value is -2.29. The van der Waals surface area contributed by atoms with Gasteiger partial charge in [0.1, 0.15) is 5.75 Å². The Morgan fingerprint density at radius 3 is 2.52 bits per heavy atom. The third-order valence-electron chi connectivity index (χ3n) is 4.91. The quantitative estimate of drug-likeness (QED) is 0.841. The number of hydrogen-bond donors (Lipinski definition) is 1. The van der Waals surface area contributed by atoms with Gasteiger partial charge in [-0.05, 0) is 67.9 Å². The minimum Gasteiger partial charge on any atom is -0.484 e. The number of aryl methyl sites for hydroxylation is 3. The topological polar surface area (TPSA) is 38.3 Å². The molecule has 3 heteroatoms. The average Bonchev–Trinajstić information content (AvgIpc) is 2.65. The fourth-order valence-corrected chi connectivity index (χ4v) is 3.41. The second-order valence-electron chi connectivity index (χ2n) is 6.87. The smallest absolute Gasteiger partial charge is 0.258 e. The first kappa shape index (κ1) is 17.5. The molecular formula is C22H27NO2. The Morgan fingerprint density at radius 1 is 1.08 bits per heavy atom. The maximum atomic E-state index is 12.3. The minimum absolute atomic E-state index is 0.0429. The maximum Gasteiger partial charge on any atom is 0.258 e. The number of nitrogens with one attached hydrogen (secondary N) is 1. The van der Waals surface area contributed by atoms with Crippen molar-refractivity contribution in [3.05, 3.63) is 64.7 Å². The highest BCUT2D eigenvalue weighted by molar-refractivity contribution is 5.78. The largest absolute Gasteiger partial charge is 0.484 e. The lowest BCUT2D eigenvalue weighted by atomic mass is 9.89. The van der Waals surface area contributed by atoms with E-state index < -0.39 is 0 Å². The van der Waals surface area contributed by atoms with Crippen molar-refractivity contribution >= 4 is 5.91 Å². The summed E-state index contributed by atoms with van der Waals surface area (Å²) in [5.74, 6) is 0.646. The summed E-state index contributed by atoms with van der Waals surface area (Å²) in [7, 11) is 0. The van der Waals surface area contributed by atoms with Crippen molar-refractivity contribution in [1.82, 2.24) is 5.32 Å². The monoisotopic (exact) mass is 337 g/mol. The summed E-state index contributed by atoms with van der Waals surface area (Å²) in [5.41, 5.74) is 5.30. The highest BCUT2D eigenvalue weighted by Crippen LogP contribution is 2.26. The molecular weight excluding hydrogens is 310 g/mol. The van der Waals surface area contributed by atoms with Crippen LogP contribution in [0.25, 0.3) is 0 Å². The van der Waals surface area contributed by atoms with Crippen LogP contribution in [0.2, 0.25) is 0 Å². The number of fused-ring (bicyclic) bond motifs is 1. The molecule has 1 aliphatic rings. The van der Waals surface area contributed by atoms with E-state index in [-0.39, 0.29) is 18.6 Å². The molecule has 0 radical (unpaired) electrons. The van der Waals surface area contributed by atoms with Crippen LogP contribution in [0.1, 0.15) is 54.5 Å². The molecule has 0 heterocycles. The van der Waals surface area contributed by atoms with Crippen LogP contribution in [0, 0.1) is 6.92 Å². The van der Waals surface area contributed by atoms with E-state index in [0.717, 1.165) is 18.6 Å². The molecule has 0 fully saturated rings. The van der Waals surface area contributed by atoms with Gasteiger partial charge in [0.2, 0.25) is 0 Å². The molecule has 0 spiro atoms. The Bertz CT molecular complexity index is 721. The minimum atomic E-state index is -0.0786. The van der Waals surface area contributed by atoms with Crippen LogP contribution in [0.4, 0.5) is 0 Å². The Morgan fingerprint density at radius 2 is 1.80 bits per heavy atom. The Labute approximate surface area is 150 Å². The van der Waals surface area contributed by atoms with E-state index in [4.69, 9.17) is 4.74 Å². The van der Waals surface area contributed by atoms with E-state index >= 15 is 0 Å². The van der Waals surface area contributed by atoms with Crippen LogP contribution in [0.3, 0.4) is 0 Å². The van der Waals surface area contributed by atoms with Crippen molar-refractivity contribution in [3.8, 4) is 5.75 Å². The number of carbonyl (C=O) groups is 1. The number of carbonyl (C=O) groups excluding carboxylic acids is 1. The zero-order valence-electron chi connectivity index (χ0n) is 15.2. The summed E-state index contributed by atoms with van der Waals surface area (Å²) in [4.78, 5) is 12.3. The summed E-state index contributed by atoms with van der Waals surface area (Å²) in [6, 6.07) is 14.5. The molecule has 0 aromatic heterocycles. The molecule has 3 nitrogen and oxygen atoms in total. The number of amides is 1. The van der Waals surface area contributed by atoms with Crippen LogP contribution in [0.15, 0.2) is 42.5 Å². The van der Waals surface area contributed by atoms with Gasteiger partial charge in [-0.2, -0.15) is 0 Å². The van der Waals surface area contributed by atoms with E-state index in [1.54, 1.807) is 0 Å². The number of rotatable bonds is 6. The van der Waals surface area contributed by atoms with Crippen LogP contribution in [-0.4, -0.2) is 12.5 Å². The normalized spacial score (nSPS) is 14.5. The SMILES string of the molecule is CC[C@H](NC(=O)COc1ccc(C)cc1)c1ccc2c(c1)CCCC2. The van der Waals surface area contributed by atoms with E-state index in [2.05, 4.69) is 30.4 Å². The Kier molecular flexibility index (Phi) is 5.75. The van der Waals surface area contributed by atoms with Crippen molar-refractivity contribution in [3.63, 3.8) is 0 Å². The molecule has 1 aliphatic carbocycles. The van der Waals surface area contributed by atoms with Crippen LogP contribution in [-0.2, 0) is 17.6 Å². The van der Waals surface area contributed by atoms with Gasteiger partial charge in [0.05, 0.1) is 6.04 Å². The van der Waals surface area contributed by atoms with Gasteiger partial charge >= 0.3 is 0 Å². The predicted octanol–water partition coefficient (Wildman–Crippen LogP) is 4.52. The van der Waals surface area contributed by atoms with E-state index in [0.29, 0.717) is 0 Å². The molecule has 25 heavy (non-hydrogen) atoms. The number of hydrogen-bond acceptors (Lipinski definition) is 2. The third-order valence-corrected chi connectivity index (χ3v) is 4.91. The van der Waals surface area contributed by atoms with Gasteiger partial charge in [-0.25, -0.2) is 0 Å². The maximum absolute atomic E-state index is 12.3. The van der Waals surface area contributed by atoms with Crippen molar-refractivity contribution in [1.29, 1.82) is 0 Å². The Balaban J connectivity index is 1.59. The molecule has 0 saturated carbocycles. The van der Waals surface area contributed by atoms with Gasteiger partial charge in [0.25, 0.3) is 5.91 Å². The van der Waals surface area contributed by atoms with Crippen molar-refractivity contribution in [2.75, 3.05) is 6.61 Å². The molecule has 1 N–H and O–H groups in total. The first-order chi connectivity index (χ1) is 12.2. The molecule has 0 bridgehead atoms. The molecule has 1 amide bonds. The van der Waals surface area contributed by atoms with E-state index in [1.807, 2.05) is 31.2 Å². The van der Waals surface area contributed by atoms with Gasteiger partial charge in [-0.1, -0.05) is 42.8 Å². The third kappa shape index (κ3) is 4.62. The molecule has 1 atom stereocenters.